The summed E-state index contributed by atoms with van der Waals surface area (Å²) in [5.41, 5.74) is 1.30. The molecule has 0 bridgehead atoms. The number of hydrogen-bond acceptors (Lipinski definition) is 2. The summed E-state index contributed by atoms with van der Waals surface area (Å²) >= 11 is 0. The summed E-state index contributed by atoms with van der Waals surface area (Å²) in [6, 6.07) is 8.30. The molecule has 0 amide bonds. The molecule has 0 spiro atoms. The molecule has 1 atom stereocenters. The van der Waals surface area contributed by atoms with Gasteiger partial charge in [-0.15, -0.1) is 0 Å². The Morgan fingerprint density at radius 3 is 2.21 bits per heavy atom. The van der Waals surface area contributed by atoms with E-state index in [0.29, 0.717) is 6.61 Å². The molecule has 0 aliphatic rings. The predicted molar refractivity (Wildman–Crippen MR) is 80.9 cm³/mol. The molecule has 0 N–H and O–H groups in total. The Kier molecular flexibility index (Phi) is 5.03. The molecule has 0 heterocycles. The molecule has 1 unspecified atom stereocenters. The van der Waals surface area contributed by atoms with Crippen LogP contribution < -0.4 is 4.74 Å². The van der Waals surface area contributed by atoms with Gasteiger partial charge < -0.3 is 9.47 Å². The van der Waals surface area contributed by atoms with Crippen LogP contribution in [0.5, 0.6) is 5.75 Å². The van der Waals surface area contributed by atoms with E-state index in [2.05, 4.69) is 53.7 Å². The maximum Gasteiger partial charge on any atom is 0.119 e. The quantitative estimate of drug-likeness (QED) is 0.793. The van der Waals surface area contributed by atoms with Crippen LogP contribution >= 0.6 is 0 Å². The molecule has 0 fully saturated rings. The van der Waals surface area contributed by atoms with E-state index in [9.17, 15) is 0 Å². The van der Waals surface area contributed by atoms with Gasteiger partial charge in [-0.25, -0.2) is 0 Å². The van der Waals surface area contributed by atoms with E-state index in [-0.39, 0.29) is 17.1 Å². The lowest BCUT2D eigenvalue weighted by Gasteiger charge is -2.25. The summed E-state index contributed by atoms with van der Waals surface area (Å²) in [4.78, 5) is 0. The smallest absolute Gasteiger partial charge is 0.119 e. The van der Waals surface area contributed by atoms with Crippen molar-refractivity contribution in [3.8, 4) is 5.75 Å². The van der Waals surface area contributed by atoms with Crippen LogP contribution in [0.25, 0.3) is 0 Å². The summed E-state index contributed by atoms with van der Waals surface area (Å²) in [6.45, 7) is 15.4. The lowest BCUT2D eigenvalue weighted by Crippen LogP contribution is -2.29. The highest BCUT2D eigenvalue weighted by molar-refractivity contribution is 5.32. The molecule has 0 radical (unpaired) electrons. The Bertz CT molecular complexity index is 396. The second-order valence-corrected chi connectivity index (χ2v) is 7.13. The number of hydrogen-bond donors (Lipinski definition) is 0. The topological polar surface area (TPSA) is 18.5 Å². The van der Waals surface area contributed by atoms with Crippen molar-refractivity contribution >= 4 is 0 Å². The minimum Gasteiger partial charge on any atom is -0.491 e. The Labute approximate surface area is 118 Å². The van der Waals surface area contributed by atoms with Crippen LogP contribution in [0, 0.1) is 0 Å². The van der Waals surface area contributed by atoms with Crippen molar-refractivity contribution in [3.05, 3.63) is 29.8 Å². The molecule has 108 valence electrons. The van der Waals surface area contributed by atoms with E-state index in [1.165, 1.54) is 5.56 Å². The van der Waals surface area contributed by atoms with Crippen molar-refractivity contribution in [2.45, 2.75) is 65.6 Å². The fourth-order valence-electron chi connectivity index (χ4n) is 1.90. The van der Waals surface area contributed by atoms with E-state index < -0.39 is 0 Å². The molecule has 19 heavy (non-hydrogen) atoms. The first-order valence-corrected chi connectivity index (χ1v) is 6.99. The number of benzene rings is 1. The Balaban J connectivity index is 2.59. The lowest BCUT2D eigenvalue weighted by molar-refractivity contribution is -0.0669. The molecule has 0 aliphatic heterocycles. The van der Waals surface area contributed by atoms with Gasteiger partial charge in [0.05, 0.1) is 11.7 Å². The van der Waals surface area contributed by atoms with E-state index in [0.717, 1.165) is 5.75 Å². The third-order valence-corrected chi connectivity index (χ3v) is 2.74. The average Bonchev–Trinajstić information content (AvgIpc) is 2.23. The third-order valence-electron chi connectivity index (χ3n) is 2.74. The molecule has 0 aromatic heterocycles. The second kappa shape index (κ2) is 5.96. The highest BCUT2D eigenvalue weighted by Crippen LogP contribution is 2.25. The van der Waals surface area contributed by atoms with Crippen LogP contribution in [0.2, 0.25) is 0 Å². The maximum atomic E-state index is 5.83. The van der Waals surface area contributed by atoms with Crippen LogP contribution in [-0.2, 0) is 10.2 Å². The number of rotatable bonds is 4. The van der Waals surface area contributed by atoms with Crippen molar-refractivity contribution < 1.29 is 9.47 Å². The molecule has 0 saturated heterocycles. The van der Waals surface area contributed by atoms with Crippen LogP contribution in [0.1, 0.15) is 54.0 Å². The fourth-order valence-corrected chi connectivity index (χ4v) is 1.90. The second-order valence-electron chi connectivity index (χ2n) is 7.13. The highest BCUT2D eigenvalue weighted by Gasteiger charge is 2.17. The average molecular weight is 264 g/mol. The van der Waals surface area contributed by atoms with Gasteiger partial charge >= 0.3 is 0 Å². The first-order valence-electron chi connectivity index (χ1n) is 6.99. The van der Waals surface area contributed by atoms with Crippen LogP contribution in [-0.4, -0.2) is 18.3 Å². The standard InChI is InChI=1S/C17H28O2/c1-13(19-17(5,6)7)12-18-15-10-8-9-14(11-15)16(2,3)4/h8-11,13H,12H2,1-7H3. The summed E-state index contributed by atoms with van der Waals surface area (Å²) in [7, 11) is 0. The van der Waals surface area contributed by atoms with Crippen LogP contribution in [0.4, 0.5) is 0 Å². The van der Waals surface area contributed by atoms with Crippen LogP contribution in [0.15, 0.2) is 24.3 Å². The molecule has 1 aromatic carbocycles. The summed E-state index contributed by atoms with van der Waals surface area (Å²) in [6.07, 6.45) is 0.0818. The Morgan fingerprint density at radius 2 is 1.68 bits per heavy atom. The fraction of sp³-hybridized carbons (Fsp3) is 0.647. The summed E-state index contributed by atoms with van der Waals surface area (Å²) < 4.78 is 11.7. The van der Waals surface area contributed by atoms with Gasteiger partial charge in [-0.1, -0.05) is 32.9 Å². The molecule has 0 saturated carbocycles. The van der Waals surface area contributed by atoms with Gasteiger partial charge in [0.1, 0.15) is 12.4 Å². The molecule has 1 aromatic rings. The van der Waals surface area contributed by atoms with Gasteiger partial charge in [0.25, 0.3) is 0 Å². The van der Waals surface area contributed by atoms with Crippen molar-refractivity contribution in [2.24, 2.45) is 0 Å². The van der Waals surface area contributed by atoms with Gasteiger partial charge in [-0.05, 0) is 50.8 Å². The van der Waals surface area contributed by atoms with E-state index in [1.54, 1.807) is 0 Å². The molecule has 2 heteroatoms. The third kappa shape index (κ3) is 6.11. The van der Waals surface area contributed by atoms with Gasteiger partial charge in [-0.3, -0.25) is 0 Å². The first-order chi connectivity index (χ1) is 8.58. The Morgan fingerprint density at radius 1 is 1.05 bits per heavy atom. The molecule has 1 rings (SSSR count). The Hall–Kier alpha value is -1.02. The molecular weight excluding hydrogens is 236 g/mol. The molecule has 0 aliphatic carbocycles. The minimum absolute atomic E-state index is 0.0818. The van der Waals surface area contributed by atoms with Crippen LogP contribution in [0.3, 0.4) is 0 Å². The predicted octanol–water partition coefficient (Wildman–Crippen LogP) is 4.57. The zero-order chi connectivity index (χ0) is 14.7. The summed E-state index contributed by atoms with van der Waals surface area (Å²) in [5, 5.41) is 0. The SMILES string of the molecule is CC(COc1cccc(C(C)(C)C)c1)OC(C)(C)C. The van der Waals surface area contributed by atoms with Crippen molar-refractivity contribution in [1.82, 2.24) is 0 Å². The lowest BCUT2D eigenvalue weighted by atomic mass is 9.87. The first kappa shape index (κ1) is 16.0. The monoisotopic (exact) mass is 264 g/mol. The highest BCUT2D eigenvalue weighted by atomic mass is 16.5. The summed E-state index contributed by atoms with van der Waals surface area (Å²) in [5.74, 6) is 0.914. The largest absolute Gasteiger partial charge is 0.491 e. The maximum absolute atomic E-state index is 5.83. The zero-order valence-electron chi connectivity index (χ0n) is 13.4. The van der Waals surface area contributed by atoms with Gasteiger partial charge in [0, 0.05) is 0 Å². The van der Waals surface area contributed by atoms with E-state index >= 15 is 0 Å². The van der Waals surface area contributed by atoms with Gasteiger partial charge in [-0.2, -0.15) is 0 Å². The number of ether oxygens (including phenoxy) is 2. The normalized spacial score (nSPS) is 14.3. The van der Waals surface area contributed by atoms with Gasteiger partial charge in [0.2, 0.25) is 0 Å². The van der Waals surface area contributed by atoms with Crippen molar-refractivity contribution in [3.63, 3.8) is 0 Å². The van der Waals surface area contributed by atoms with Crippen molar-refractivity contribution in [2.75, 3.05) is 6.61 Å². The van der Waals surface area contributed by atoms with E-state index in [4.69, 9.17) is 9.47 Å². The van der Waals surface area contributed by atoms with Gasteiger partial charge in [0.15, 0.2) is 0 Å². The molecule has 2 nitrogen and oxygen atoms in total. The van der Waals surface area contributed by atoms with Crippen molar-refractivity contribution in [1.29, 1.82) is 0 Å². The molecular formula is C17H28O2. The zero-order valence-corrected chi connectivity index (χ0v) is 13.4. The van der Waals surface area contributed by atoms with E-state index in [1.807, 2.05) is 19.1 Å². The minimum atomic E-state index is -0.129.